The Hall–Kier alpha value is -3.43. The van der Waals surface area contributed by atoms with E-state index in [1.165, 1.54) is 13.2 Å². The highest BCUT2D eigenvalue weighted by molar-refractivity contribution is 5.94. The lowest BCUT2D eigenvalue weighted by atomic mass is 9.68. The highest BCUT2D eigenvalue weighted by Gasteiger charge is 2.47. The molecule has 2 atom stereocenters. The number of rotatable bonds is 8. The van der Waals surface area contributed by atoms with Crippen LogP contribution in [0.1, 0.15) is 84.4 Å². The number of hydrogen-bond donors (Lipinski definition) is 1. The van der Waals surface area contributed by atoms with Gasteiger partial charge in [-0.1, -0.05) is 13.3 Å². The third-order valence-electron chi connectivity index (χ3n) is 9.89. The number of aliphatic hydroxyl groups is 1. The molecule has 6 rings (SSSR count). The lowest BCUT2D eigenvalue weighted by Crippen LogP contribution is -2.50. The minimum atomic E-state index is -0.753. The van der Waals surface area contributed by atoms with Crippen LogP contribution in [0.25, 0.3) is 22.3 Å². The molecule has 41 heavy (non-hydrogen) atoms. The minimum Gasteiger partial charge on any atom is -0.395 e. The maximum Gasteiger partial charge on any atom is 0.257 e. The summed E-state index contributed by atoms with van der Waals surface area (Å²) in [5, 5.41) is 11.0. The van der Waals surface area contributed by atoms with Crippen LogP contribution in [0.5, 0.6) is 0 Å². The van der Waals surface area contributed by atoms with Crippen LogP contribution in [0.15, 0.2) is 16.9 Å². The fourth-order valence-electron chi connectivity index (χ4n) is 7.29. The first-order valence-corrected chi connectivity index (χ1v) is 14.4. The van der Waals surface area contributed by atoms with Crippen LogP contribution in [-0.4, -0.2) is 52.5 Å². The summed E-state index contributed by atoms with van der Waals surface area (Å²) in [5.41, 5.74) is 4.96. The van der Waals surface area contributed by atoms with E-state index in [2.05, 4.69) is 0 Å². The molecule has 2 aliphatic carbocycles. The molecule has 216 valence electrons. The largest absolute Gasteiger partial charge is 0.395 e. The van der Waals surface area contributed by atoms with Crippen molar-refractivity contribution in [3.05, 3.63) is 61.7 Å². The number of halogens is 1. The van der Waals surface area contributed by atoms with Gasteiger partial charge in [-0.25, -0.2) is 9.37 Å². The van der Waals surface area contributed by atoms with Gasteiger partial charge in [0.05, 0.1) is 48.1 Å². The van der Waals surface area contributed by atoms with Gasteiger partial charge in [0.1, 0.15) is 12.1 Å². The van der Waals surface area contributed by atoms with E-state index in [4.69, 9.17) is 9.72 Å². The third-order valence-corrected chi connectivity index (χ3v) is 9.89. The minimum absolute atomic E-state index is 0.0774. The van der Waals surface area contributed by atoms with Crippen LogP contribution in [0.4, 0.5) is 4.39 Å². The van der Waals surface area contributed by atoms with Gasteiger partial charge >= 0.3 is 0 Å². The molecule has 9 heteroatoms. The van der Waals surface area contributed by atoms with Crippen LogP contribution in [-0.2, 0) is 33.9 Å². The average Bonchev–Trinajstić information content (AvgIpc) is 3.32. The molecule has 1 fully saturated rings. The quantitative estimate of drug-likeness (QED) is 0.322. The normalized spacial score (nSPS) is 18.9. The Labute approximate surface area is 238 Å². The fourth-order valence-corrected chi connectivity index (χ4v) is 7.29. The Balaban J connectivity index is 1.61. The third kappa shape index (κ3) is 3.92. The second-order valence-electron chi connectivity index (χ2n) is 11.9. The molecule has 8 nitrogen and oxygen atoms in total. The highest BCUT2D eigenvalue weighted by atomic mass is 19.1. The first-order valence-electron chi connectivity index (χ1n) is 14.4. The van der Waals surface area contributed by atoms with Crippen LogP contribution in [0.3, 0.4) is 0 Å². The molecular weight excluding hydrogens is 525 g/mol. The van der Waals surface area contributed by atoms with Crippen LogP contribution in [0.2, 0.25) is 0 Å². The molecule has 1 aliphatic heterocycles. The molecule has 1 N–H and O–H groups in total. The van der Waals surface area contributed by atoms with Gasteiger partial charge in [0, 0.05) is 42.7 Å². The molecule has 0 spiro atoms. The SMILES string of the molecule is CCC(C=O)c1cc2n(c(=O)c1COC)Cc1c-2nc2cc(F)c(C)c3c2c1C(N(C)C(=O)C1(CO)CCC1)CC3. The number of aliphatic hydroxyl groups excluding tert-OH is 1. The zero-order valence-electron chi connectivity index (χ0n) is 24.1. The summed E-state index contributed by atoms with van der Waals surface area (Å²) >= 11 is 0. The van der Waals surface area contributed by atoms with Crippen molar-refractivity contribution < 1.29 is 23.8 Å². The summed E-state index contributed by atoms with van der Waals surface area (Å²) in [5.74, 6) is -0.880. The smallest absolute Gasteiger partial charge is 0.257 e. The monoisotopic (exact) mass is 561 g/mol. The summed E-state index contributed by atoms with van der Waals surface area (Å²) < 4.78 is 22.2. The van der Waals surface area contributed by atoms with Crippen molar-refractivity contribution in [1.29, 1.82) is 0 Å². The number of carbonyl (C=O) groups excluding carboxylic acids is 2. The van der Waals surface area contributed by atoms with Crippen molar-refractivity contribution in [2.45, 2.75) is 77.5 Å². The van der Waals surface area contributed by atoms with E-state index in [0.717, 1.165) is 34.8 Å². The van der Waals surface area contributed by atoms with Gasteiger partial charge in [-0.15, -0.1) is 0 Å². The number of hydrogen-bond acceptors (Lipinski definition) is 6. The number of methoxy groups -OCH3 is 1. The van der Waals surface area contributed by atoms with E-state index in [1.807, 2.05) is 13.0 Å². The topological polar surface area (TPSA) is 102 Å². The molecular formula is C32H36FN3O5. The molecule has 1 aromatic carbocycles. The molecule has 0 saturated heterocycles. The van der Waals surface area contributed by atoms with Gasteiger partial charge in [0.25, 0.3) is 5.56 Å². The van der Waals surface area contributed by atoms with Gasteiger partial charge in [0.15, 0.2) is 0 Å². The Kier molecular flexibility index (Phi) is 6.85. The number of ether oxygens (including phenoxy) is 1. The van der Waals surface area contributed by atoms with Crippen LogP contribution in [0, 0.1) is 18.2 Å². The average molecular weight is 562 g/mol. The molecule has 3 heterocycles. The first kappa shape index (κ1) is 27.7. The van der Waals surface area contributed by atoms with E-state index < -0.39 is 11.3 Å². The van der Waals surface area contributed by atoms with Crippen molar-refractivity contribution in [2.24, 2.45) is 5.41 Å². The maximum atomic E-state index is 15.2. The second-order valence-corrected chi connectivity index (χ2v) is 11.9. The number of aldehydes is 1. The van der Waals surface area contributed by atoms with E-state index in [1.54, 1.807) is 23.4 Å². The number of aromatic nitrogens is 2. The molecule has 0 radical (unpaired) electrons. The van der Waals surface area contributed by atoms with E-state index >= 15 is 4.39 Å². The summed E-state index contributed by atoms with van der Waals surface area (Å²) in [6, 6.07) is 3.00. The summed E-state index contributed by atoms with van der Waals surface area (Å²) in [6.07, 6.45) is 4.80. The zero-order valence-corrected chi connectivity index (χ0v) is 24.1. The van der Waals surface area contributed by atoms with E-state index in [9.17, 15) is 19.5 Å². The van der Waals surface area contributed by atoms with Crippen molar-refractivity contribution in [3.8, 4) is 11.4 Å². The van der Waals surface area contributed by atoms with Gasteiger partial charge in [-0.05, 0) is 67.3 Å². The van der Waals surface area contributed by atoms with Crippen LogP contribution >= 0.6 is 0 Å². The van der Waals surface area contributed by atoms with E-state index in [-0.39, 0.29) is 43.1 Å². The first-order chi connectivity index (χ1) is 19.7. The number of carbonyl (C=O) groups is 2. The maximum absolute atomic E-state index is 15.2. The molecule has 1 saturated carbocycles. The van der Waals surface area contributed by atoms with Gasteiger partial charge in [0.2, 0.25) is 5.91 Å². The Morgan fingerprint density at radius 1 is 1.34 bits per heavy atom. The summed E-state index contributed by atoms with van der Waals surface area (Å²) in [6.45, 7) is 3.83. The molecule has 0 bridgehead atoms. The van der Waals surface area contributed by atoms with E-state index in [0.29, 0.717) is 65.7 Å². The van der Waals surface area contributed by atoms with Crippen molar-refractivity contribution in [1.82, 2.24) is 14.5 Å². The predicted molar refractivity (Wildman–Crippen MR) is 152 cm³/mol. The molecule has 1 amide bonds. The number of amides is 1. The standard InChI is InChI=1S/C32H36FN3O5/c1-5-18(14-37)20-11-26-29-21(13-36(26)30(39)22(20)15-41-4)28-25(35(3)31(40)32(16-38)9-6-10-32)8-7-19-17(2)23(33)12-24(34-29)27(19)28/h11-12,14,18,25,38H,5-10,13,15-16H2,1-4H3. The summed E-state index contributed by atoms with van der Waals surface area (Å²) in [4.78, 5) is 46.4. The predicted octanol–water partition coefficient (Wildman–Crippen LogP) is 4.32. The Bertz CT molecular complexity index is 1650. The lowest BCUT2D eigenvalue weighted by Gasteiger charge is -2.44. The number of pyridine rings is 2. The van der Waals surface area contributed by atoms with Gasteiger partial charge < -0.3 is 24.1 Å². The number of fused-ring (bicyclic) bond motifs is 4. The van der Waals surface area contributed by atoms with Crippen molar-refractivity contribution >= 4 is 23.1 Å². The van der Waals surface area contributed by atoms with Crippen molar-refractivity contribution in [2.75, 3.05) is 20.8 Å². The Morgan fingerprint density at radius 3 is 2.71 bits per heavy atom. The van der Waals surface area contributed by atoms with Gasteiger partial charge in [-0.2, -0.15) is 0 Å². The van der Waals surface area contributed by atoms with Crippen molar-refractivity contribution in [3.63, 3.8) is 0 Å². The summed E-state index contributed by atoms with van der Waals surface area (Å²) in [7, 11) is 3.31. The molecule has 3 aromatic rings. The second kappa shape index (κ2) is 10.1. The number of aryl methyl sites for hydroxylation is 1. The Morgan fingerprint density at radius 2 is 2.10 bits per heavy atom. The van der Waals surface area contributed by atoms with Crippen LogP contribution < -0.4 is 5.56 Å². The molecule has 2 unspecified atom stereocenters. The molecule has 2 aromatic heterocycles. The number of benzene rings is 1. The fraction of sp³-hybridized carbons (Fsp3) is 0.500. The lowest BCUT2D eigenvalue weighted by molar-refractivity contribution is -0.152. The van der Waals surface area contributed by atoms with Gasteiger partial charge in [-0.3, -0.25) is 9.59 Å². The number of nitrogens with zero attached hydrogens (tertiary/aromatic N) is 3. The molecule has 3 aliphatic rings. The zero-order chi connectivity index (χ0) is 29.2. The highest BCUT2D eigenvalue weighted by Crippen LogP contribution is 2.49.